The van der Waals surface area contributed by atoms with Gasteiger partial charge in [0.05, 0.1) is 21.8 Å². The van der Waals surface area contributed by atoms with E-state index in [1.54, 1.807) is 24.4 Å². The number of fused-ring (bicyclic) bond motifs is 1. The first-order chi connectivity index (χ1) is 14.0. The molecule has 29 heavy (non-hydrogen) atoms. The highest BCUT2D eigenvalue weighted by molar-refractivity contribution is 5.93. The van der Waals surface area contributed by atoms with Crippen LogP contribution in [-0.2, 0) is 0 Å². The van der Waals surface area contributed by atoms with E-state index in [-0.39, 0.29) is 17.3 Å². The molecule has 2 aromatic carbocycles. The molecule has 0 amide bonds. The Morgan fingerprint density at radius 3 is 2.34 bits per heavy atom. The van der Waals surface area contributed by atoms with Crippen LogP contribution < -0.4 is 10.6 Å². The van der Waals surface area contributed by atoms with E-state index in [1.165, 1.54) is 0 Å². The third-order valence-corrected chi connectivity index (χ3v) is 4.07. The summed E-state index contributed by atoms with van der Waals surface area (Å²) >= 11 is 0. The molecule has 0 spiro atoms. The number of para-hydroxylation sites is 1. The Balaban J connectivity index is 1.76. The molecule has 0 aliphatic heterocycles. The molecule has 4 rings (SSSR count). The highest BCUT2D eigenvalue weighted by Gasteiger charge is 2.24. The number of aromatic nitrogens is 3. The van der Waals surface area contributed by atoms with Crippen molar-refractivity contribution in [1.82, 2.24) is 15.0 Å². The Hall–Kier alpha value is -4.21. The topological polar surface area (TPSA) is 106 Å². The number of pyridine rings is 1. The highest BCUT2D eigenvalue weighted by atomic mass is 19.1. The second kappa shape index (κ2) is 7.43. The molecule has 4 aromatic rings. The molecule has 0 saturated carbocycles. The first-order valence-corrected chi connectivity index (χ1v) is 8.35. The van der Waals surface area contributed by atoms with Crippen molar-refractivity contribution < 1.29 is 13.7 Å². The number of hydrogen-bond acceptors (Lipinski definition) is 7. The lowest BCUT2D eigenvalue weighted by Gasteiger charge is -2.11. The molecule has 10 heteroatoms. The first-order valence-electron chi connectivity index (χ1n) is 8.35. The lowest BCUT2D eigenvalue weighted by Crippen LogP contribution is -2.06. The Labute approximate surface area is 162 Å². The van der Waals surface area contributed by atoms with Crippen molar-refractivity contribution in [2.24, 2.45) is 0 Å². The van der Waals surface area contributed by atoms with Crippen molar-refractivity contribution >= 4 is 39.6 Å². The highest BCUT2D eigenvalue weighted by Crippen LogP contribution is 2.34. The fourth-order valence-corrected chi connectivity index (χ4v) is 2.79. The molecule has 0 bridgehead atoms. The molecule has 0 saturated heterocycles. The summed E-state index contributed by atoms with van der Waals surface area (Å²) in [5.41, 5.74) is 0.445. The summed E-state index contributed by atoms with van der Waals surface area (Å²) in [6, 6.07) is 11.8. The third-order valence-electron chi connectivity index (χ3n) is 4.07. The number of nitrogens with zero attached hydrogens (tertiary/aromatic N) is 4. The van der Waals surface area contributed by atoms with Crippen molar-refractivity contribution in [2.75, 3.05) is 10.6 Å². The average Bonchev–Trinajstić information content (AvgIpc) is 2.70. The van der Waals surface area contributed by atoms with Crippen LogP contribution in [0.5, 0.6) is 0 Å². The van der Waals surface area contributed by atoms with Gasteiger partial charge in [0.1, 0.15) is 18.0 Å². The molecule has 2 aromatic heterocycles. The van der Waals surface area contributed by atoms with E-state index in [0.717, 1.165) is 23.8 Å². The number of hydrogen-bond donors (Lipinski definition) is 2. The predicted molar refractivity (Wildman–Crippen MR) is 103 cm³/mol. The van der Waals surface area contributed by atoms with Crippen molar-refractivity contribution in [1.29, 1.82) is 0 Å². The van der Waals surface area contributed by atoms with E-state index in [1.807, 2.05) is 12.1 Å². The Bertz CT molecular complexity index is 1230. The van der Waals surface area contributed by atoms with Crippen LogP contribution in [0.15, 0.2) is 61.1 Å². The van der Waals surface area contributed by atoms with E-state index >= 15 is 0 Å². The fourth-order valence-electron chi connectivity index (χ4n) is 2.79. The second-order valence-electron chi connectivity index (χ2n) is 5.93. The first kappa shape index (κ1) is 18.2. The number of nitrogens with one attached hydrogen (secondary N) is 2. The molecule has 0 unspecified atom stereocenters. The molecule has 2 N–H and O–H groups in total. The Morgan fingerprint density at radius 2 is 1.62 bits per heavy atom. The summed E-state index contributed by atoms with van der Waals surface area (Å²) < 4.78 is 27.1. The zero-order chi connectivity index (χ0) is 20.4. The van der Waals surface area contributed by atoms with Gasteiger partial charge in [-0.15, -0.1) is 0 Å². The molecule has 2 heterocycles. The average molecular weight is 394 g/mol. The van der Waals surface area contributed by atoms with Gasteiger partial charge in [-0.25, -0.2) is 18.7 Å². The lowest BCUT2D eigenvalue weighted by atomic mass is 10.2. The van der Waals surface area contributed by atoms with Gasteiger partial charge < -0.3 is 10.6 Å². The number of rotatable bonds is 5. The maximum atomic E-state index is 14.0. The minimum atomic E-state index is -0.911. The van der Waals surface area contributed by atoms with Crippen molar-refractivity contribution in [3.8, 4) is 0 Å². The quantitative estimate of drug-likeness (QED) is 0.373. The molecular formula is C19H12F2N6O2. The summed E-state index contributed by atoms with van der Waals surface area (Å²) in [6.45, 7) is 0. The van der Waals surface area contributed by atoms with E-state index in [0.29, 0.717) is 17.3 Å². The molecule has 0 aliphatic rings. The van der Waals surface area contributed by atoms with Crippen molar-refractivity contribution in [3.63, 3.8) is 0 Å². The van der Waals surface area contributed by atoms with Gasteiger partial charge >= 0.3 is 5.69 Å². The summed E-state index contributed by atoms with van der Waals surface area (Å²) in [5, 5.41) is 18.0. The van der Waals surface area contributed by atoms with Crippen LogP contribution in [0.4, 0.5) is 37.5 Å². The zero-order valence-corrected chi connectivity index (χ0v) is 14.6. The third kappa shape index (κ3) is 3.63. The summed E-state index contributed by atoms with van der Waals surface area (Å²) in [7, 11) is 0. The summed E-state index contributed by atoms with van der Waals surface area (Å²) in [5.74, 6) is -2.03. The smallest absolute Gasteiger partial charge is 0.332 e. The predicted octanol–water partition coefficient (Wildman–Crippen LogP) is 4.70. The SMILES string of the molecule is O=[N+]([O-])c1c(Nc2ccc(F)cc2F)ncnc1Nc1cccc2cccnc12. The largest absolute Gasteiger partial charge is 0.353 e. The summed E-state index contributed by atoms with van der Waals surface area (Å²) in [6.07, 6.45) is 2.70. The van der Waals surface area contributed by atoms with Gasteiger partial charge in [-0.1, -0.05) is 18.2 Å². The van der Waals surface area contributed by atoms with Gasteiger partial charge in [0.25, 0.3) is 0 Å². The van der Waals surface area contributed by atoms with Crippen molar-refractivity contribution in [3.05, 3.63) is 82.8 Å². The van der Waals surface area contributed by atoms with E-state index in [4.69, 9.17) is 0 Å². The minimum absolute atomic E-state index is 0.104. The maximum Gasteiger partial charge on any atom is 0.353 e. The molecule has 0 radical (unpaired) electrons. The molecule has 8 nitrogen and oxygen atoms in total. The number of halogens is 2. The number of nitro groups is 1. The van der Waals surface area contributed by atoms with Gasteiger partial charge in [-0.3, -0.25) is 15.1 Å². The second-order valence-corrected chi connectivity index (χ2v) is 5.93. The number of benzene rings is 2. The molecule has 144 valence electrons. The van der Waals surface area contributed by atoms with E-state index in [2.05, 4.69) is 25.6 Å². The normalized spacial score (nSPS) is 10.7. The summed E-state index contributed by atoms with van der Waals surface area (Å²) in [4.78, 5) is 23.1. The standard InChI is InChI=1S/C19H12F2N6O2/c20-12-6-7-14(13(21)9-12)25-18-17(27(28)29)19(24-10-23-18)26-15-5-1-3-11-4-2-8-22-16(11)15/h1-10H,(H2,23,24,25,26). The number of anilines is 4. The van der Waals surface area contributed by atoms with Gasteiger partial charge in [0.15, 0.2) is 0 Å². The molecule has 0 aliphatic carbocycles. The Morgan fingerprint density at radius 1 is 0.897 bits per heavy atom. The van der Waals surface area contributed by atoms with E-state index < -0.39 is 22.2 Å². The van der Waals surface area contributed by atoms with Gasteiger partial charge in [0, 0.05) is 17.6 Å². The van der Waals surface area contributed by atoms with Crippen LogP contribution in [0.1, 0.15) is 0 Å². The zero-order valence-electron chi connectivity index (χ0n) is 14.6. The van der Waals surface area contributed by atoms with Crippen molar-refractivity contribution in [2.45, 2.75) is 0 Å². The fraction of sp³-hybridized carbons (Fsp3) is 0. The molecule has 0 fully saturated rings. The van der Waals surface area contributed by atoms with Crippen LogP contribution >= 0.6 is 0 Å². The van der Waals surface area contributed by atoms with E-state index in [9.17, 15) is 18.9 Å². The van der Waals surface area contributed by atoms with Gasteiger partial charge in [0.2, 0.25) is 11.6 Å². The lowest BCUT2D eigenvalue weighted by molar-refractivity contribution is -0.383. The van der Waals surface area contributed by atoms with Crippen LogP contribution in [0.25, 0.3) is 10.9 Å². The maximum absolute atomic E-state index is 14.0. The van der Waals surface area contributed by atoms with Crippen LogP contribution in [0.3, 0.4) is 0 Å². The van der Waals surface area contributed by atoms with Crippen LogP contribution in [-0.4, -0.2) is 19.9 Å². The van der Waals surface area contributed by atoms with Crippen LogP contribution in [0, 0.1) is 21.7 Å². The van der Waals surface area contributed by atoms with Gasteiger partial charge in [-0.05, 0) is 24.3 Å². The minimum Gasteiger partial charge on any atom is -0.332 e. The monoisotopic (exact) mass is 394 g/mol. The van der Waals surface area contributed by atoms with Crippen LogP contribution in [0.2, 0.25) is 0 Å². The molecule has 0 atom stereocenters. The van der Waals surface area contributed by atoms with Gasteiger partial charge in [-0.2, -0.15) is 0 Å². The Kier molecular flexibility index (Phi) is 4.65. The molecular weight excluding hydrogens is 382 g/mol.